The highest BCUT2D eigenvalue weighted by Gasteiger charge is 2.39. The summed E-state index contributed by atoms with van der Waals surface area (Å²) in [5.41, 5.74) is -1.02. The number of alkyl halides is 4. The minimum absolute atomic E-state index is 0.0987. The second-order valence-corrected chi connectivity index (χ2v) is 4.92. The van der Waals surface area contributed by atoms with Crippen molar-refractivity contribution in [3.63, 3.8) is 0 Å². The van der Waals surface area contributed by atoms with Crippen molar-refractivity contribution >= 4 is 23.2 Å². The van der Waals surface area contributed by atoms with Crippen LogP contribution in [0, 0.1) is 5.92 Å². The number of hydrogen-bond donors (Lipinski definition) is 0. The van der Waals surface area contributed by atoms with Crippen LogP contribution in [0.25, 0.3) is 0 Å². The molecule has 1 fully saturated rings. The summed E-state index contributed by atoms with van der Waals surface area (Å²) < 4.78 is 44.1. The molecule has 1 unspecified atom stereocenters. The Kier molecular flexibility index (Phi) is 4.13. The zero-order chi connectivity index (χ0) is 14.9. The topological polar surface area (TPSA) is 29.5 Å². The fourth-order valence-corrected chi connectivity index (χ4v) is 2.43. The first-order valence-electron chi connectivity index (χ1n) is 5.98. The highest BCUT2D eigenvalue weighted by atomic mass is 35.5. The molecule has 1 heterocycles. The SMILES string of the molecule is COc1ccc(N2CC(CCl)CC2=O)c(C(F)(F)F)c1. The first kappa shape index (κ1) is 15.0. The monoisotopic (exact) mass is 307 g/mol. The lowest BCUT2D eigenvalue weighted by molar-refractivity contribution is -0.137. The molecule has 20 heavy (non-hydrogen) atoms. The van der Waals surface area contributed by atoms with E-state index in [1.807, 2.05) is 0 Å². The van der Waals surface area contributed by atoms with Crippen molar-refractivity contribution in [1.82, 2.24) is 0 Å². The summed E-state index contributed by atoms with van der Waals surface area (Å²) in [6.45, 7) is 0.206. The molecule has 3 nitrogen and oxygen atoms in total. The maximum atomic E-state index is 13.1. The standard InChI is InChI=1S/C13H13ClF3NO2/c1-20-9-2-3-11(10(5-9)13(15,16)17)18-7-8(6-14)4-12(18)19/h2-3,5,8H,4,6-7H2,1H3. The summed E-state index contributed by atoms with van der Waals surface area (Å²) in [6.07, 6.45) is -4.38. The van der Waals surface area contributed by atoms with Gasteiger partial charge < -0.3 is 9.64 Å². The van der Waals surface area contributed by atoms with Gasteiger partial charge in [-0.25, -0.2) is 0 Å². The number of hydrogen-bond acceptors (Lipinski definition) is 2. The van der Waals surface area contributed by atoms with Crippen molar-refractivity contribution in [3.05, 3.63) is 23.8 Å². The Bertz CT molecular complexity index is 519. The number of anilines is 1. The minimum atomic E-state index is -4.55. The molecule has 7 heteroatoms. The molecule has 0 aromatic heterocycles. The molecule has 0 aliphatic carbocycles. The molecule has 0 spiro atoms. The van der Waals surface area contributed by atoms with Crippen LogP contribution in [0.2, 0.25) is 0 Å². The lowest BCUT2D eigenvalue weighted by Gasteiger charge is -2.22. The third-order valence-electron chi connectivity index (χ3n) is 3.22. The third-order valence-corrected chi connectivity index (χ3v) is 3.66. The van der Waals surface area contributed by atoms with Crippen molar-refractivity contribution in [3.8, 4) is 5.75 Å². The average Bonchev–Trinajstić information content (AvgIpc) is 2.78. The predicted octanol–water partition coefficient (Wildman–Crippen LogP) is 3.31. The first-order chi connectivity index (χ1) is 9.36. The van der Waals surface area contributed by atoms with Crippen LogP contribution in [0.15, 0.2) is 18.2 Å². The zero-order valence-corrected chi connectivity index (χ0v) is 11.5. The van der Waals surface area contributed by atoms with E-state index in [1.54, 1.807) is 0 Å². The molecule has 110 valence electrons. The summed E-state index contributed by atoms with van der Waals surface area (Å²) >= 11 is 5.68. The van der Waals surface area contributed by atoms with Gasteiger partial charge in [0, 0.05) is 18.8 Å². The van der Waals surface area contributed by atoms with Gasteiger partial charge in [0.15, 0.2) is 0 Å². The zero-order valence-electron chi connectivity index (χ0n) is 10.7. The molecule has 0 bridgehead atoms. The van der Waals surface area contributed by atoms with E-state index < -0.39 is 11.7 Å². The van der Waals surface area contributed by atoms with E-state index in [-0.39, 0.29) is 42.1 Å². The highest BCUT2D eigenvalue weighted by molar-refractivity contribution is 6.18. The van der Waals surface area contributed by atoms with Gasteiger partial charge >= 0.3 is 6.18 Å². The van der Waals surface area contributed by atoms with Gasteiger partial charge in [0.1, 0.15) is 5.75 Å². The number of methoxy groups -OCH3 is 1. The molecule has 1 amide bonds. The van der Waals surface area contributed by atoms with Crippen LogP contribution in [-0.4, -0.2) is 25.4 Å². The number of halogens is 4. The summed E-state index contributed by atoms with van der Waals surface area (Å²) in [6, 6.07) is 3.57. The van der Waals surface area contributed by atoms with Gasteiger partial charge in [0.2, 0.25) is 5.91 Å². The molecule has 0 radical (unpaired) electrons. The van der Waals surface area contributed by atoms with Crippen molar-refractivity contribution in [1.29, 1.82) is 0 Å². The number of benzene rings is 1. The fraction of sp³-hybridized carbons (Fsp3) is 0.462. The molecular formula is C13H13ClF3NO2. The lowest BCUT2D eigenvalue weighted by Crippen LogP contribution is -2.27. The van der Waals surface area contributed by atoms with Crippen molar-refractivity contribution in [2.45, 2.75) is 12.6 Å². The van der Waals surface area contributed by atoms with Crippen molar-refractivity contribution in [2.24, 2.45) is 5.92 Å². The van der Waals surface area contributed by atoms with Crippen molar-refractivity contribution in [2.75, 3.05) is 24.4 Å². The predicted molar refractivity (Wildman–Crippen MR) is 69.2 cm³/mol. The van der Waals surface area contributed by atoms with Gasteiger partial charge in [0.05, 0.1) is 18.4 Å². The summed E-state index contributed by atoms with van der Waals surface area (Å²) in [5, 5.41) is 0. The van der Waals surface area contributed by atoms with Gasteiger partial charge in [-0.2, -0.15) is 13.2 Å². The van der Waals surface area contributed by atoms with Crippen LogP contribution in [0.3, 0.4) is 0 Å². The first-order valence-corrected chi connectivity index (χ1v) is 6.52. The number of nitrogens with zero attached hydrogens (tertiary/aromatic N) is 1. The van der Waals surface area contributed by atoms with E-state index in [1.165, 1.54) is 19.2 Å². The van der Waals surface area contributed by atoms with Gasteiger partial charge in [0.25, 0.3) is 0 Å². The van der Waals surface area contributed by atoms with Crippen molar-refractivity contribution < 1.29 is 22.7 Å². The number of rotatable bonds is 3. The van der Waals surface area contributed by atoms with Gasteiger partial charge in [-0.15, -0.1) is 11.6 Å². The molecular weight excluding hydrogens is 295 g/mol. The molecule has 0 N–H and O–H groups in total. The maximum absolute atomic E-state index is 13.1. The van der Waals surface area contributed by atoms with Crippen LogP contribution < -0.4 is 9.64 Å². The molecule has 0 saturated carbocycles. The Morgan fingerprint density at radius 1 is 1.45 bits per heavy atom. The Balaban J connectivity index is 2.43. The highest BCUT2D eigenvalue weighted by Crippen LogP contribution is 2.40. The van der Waals surface area contributed by atoms with E-state index in [0.29, 0.717) is 0 Å². The van der Waals surface area contributed by atoms with Gasteiger partial charge in [-0.3, -0.25) is 4.79 Å². The van der Waals surface area contributed by atoms with Crippen LogP contribution in [0.5, 0.6) is 5.75 Å². The fourth-order valence-electron chi connectivity index (χ4n) is 2.22. The van der Waals surface area contributed by atoms with Gasteiger partial charge in [-0.1, -0.05) is 0 Å². The Morgan fingerprint density at radius 2 is 2.15 bits per heavy atom. The van der Waals surface area contributed by atoms with Crippen LogP contribution in [0.4, 0.5) is 18.9 Å². The van der Waals surface area contributed by atoms with Crippen LogP contribution in [-0.2, 0) is 11.0 Å². The number of amides is 1. The van der Waals surface area contributed by atoms with Gasteiger partial charge in [-0.05, 0) is 24.1 Å². The second kappa shape index (κ2) is 5.52. The lowest BCUT2D eigenvalue weighted by atomic mass is 10.1. The number of carbonyl (C=O) groups excluding carboxylic acids is 1. The van der Waals surface area contributed by atoms with E-state index in [2.05, 4.69) is 0 Å². The normalized spacial score (nSPS) is 19.6. The molecule has 1 atom stereocenters. The number of ether oxygens (including phenoxy) is 1. The largest absolute Gasteiger partial charge is 0.497 e. The summed E-state index contributed by atoms with van der Waals surface area (Å²) in [7, 11) is 1.29. The summed E-state index contributed by atoms with van der Waals surface area (Å²) in [5.74, 6) is -0.111. The Morgan fingerprint density at radius 3 is 2.65 bits per heavy atom. The third kappa shape index (κ3) is 2.85. The molecule has 1 saturated heterocycles. The second-order valence-electron chi connectivity index (χ2n) is 4.61. The minimum Gasteiger partial charge on any atom is -0.497 e. The average molecular weight is 308 g/mol. The quantitative estimate of drug-likeness (QED) is 0.802. The Hall–Kier alpha value is -1.43. The number of carbonyl (C=O) groups is 1. The smallest absolute Gasteiger partial charge is 0.418 e. The molecule has 1 aromatic rings. The van der Waals surface area contributed by atoms with E-state index in [0.717, 1.165) is 11.0 Å². The molecule has 2 rings (SSSR count). The van der Waals surface area contributed by atoms with Crippen LogP contribution >= 0.6 is 11.6 Å². The van der Waals surface area contributed by atoms with Crippen LogP contribution in [0.1, 0.15) is 12.0 Å². The van der Waals surface area contributed by atoms with E-state index >= 15 is 0 Å². The van der Waals surface area contributed by atoms with E-state index in [4.69, 9.17) is 16.3 Å². The molecule has 1 aliphatic rings. The maximum Gasteiger partial charge on any atom is 0.418 e. The molecule has 1 aliphatic heterocycles. The Labute approximate surface area is 119 Å². The summed E-state index contributed by atoms with van der Waals surface area (Å²) in [4.78, 5) is 13.0. The molecule has 1 aromatic carbocycles. The van der Waals surface area contributed by atoms with E-state index in [9.17, 15) is 18.0 Å².